The van der Waals surface area contributed by atoms with E-state index in [9.17, 15) is 18.0 Å². The lowest BCUT2D eigenvalue weighted by Gasteiger charge is -2.36. The number of methoxy groups -OCH3 is 2. The number of ether oxygens (including phenoxy) is 2. The number of alkyl halides is 3. The molecule has 0 heterocycles. The van der Waals surface area contributed by atoms with Crippen LogP contribution in [0, 0.1) is 0 Å². The van der Waals surface area contributed by atoms with Crippen LogP contribution in [0.2, 0.25) is 0 Å². The van der Waals surface area contributed by atoms with Crippen LogP contribution in [0.5, 0.6) is 0 Å². The summed E-state index contributed by atoms with van der Waals surface area (Å²) in [6.45, 7) is 2.50. The van der Waals surface area contributed by atoms with E-state index in [1.165, 1.54) is 14.2 Å². The number of hydrogen-bond donors (Lipinski definition) is 1. The van der Waals surface area contributed by atoms with Crippen molar-refractivity contribution >= 4 is 5.91 Å². The molecule has 0 radical (unpaired) electrons. The summed E-state index contributed by atoms with van der Waals surface area (Å²) in [6, 6.07) is -0.530. The molecular formula is C11H21F3N2O3. The highest BCUT2D eigenvalue weighted by Crippen LogP contribution is 2.30. The highest BCUT2D eigenvalue weighted by molar-refractivity contribution is 5.87. The summed E-state index contributed by atoms with van der Waals surface area (Å²) in [7, 11) is 2.80. The van der Waals surface area contributed by atoms with Gasteiger partial charge in [-0.25, -0.2) is 0 Å². The Kier molecular flexibility index (Phi) is 6.74. The molecule has 19 heavy (non-hydrogen) atoms. The van der Waals surface area contributed by atoms with Crippen LogP contribution in [0.4, 0.5) is 13.2 Å². The molecule has 0 aliphatic carbocycles. The monoisotopic (exact) mass is 286 g/mol. The van der Waals surface area contributed by atoms with Gasteiger partial charge in [0.05, 0.1) is 19.3 Å². The number of nitrogens with two attached hydrogens (primary N) is 1. The molecular weight excluding hydrogens is 265 g/mol. The maximum Gasteiger partial charge on any atom is 0.415 e. The molecule has 114 valence electrons. The van der Waals surface area contributed by atoms with Crippen LogP contribution in [0.1, 0.15) is 13.8 Å². The first-order valence-corrected chi connectivity index (χ1v) is 5.74. The molecule has 0 fully saturated rings. The number of hydrogen-bond acceptors (Lipinski definition) is 4. The Labute approximate surface area is 110 Å². The Morgan fingerprint density at radius 2 is 1.84 bits per heavy atom. The average molecular weight is 286 g/mol. The van der Waals surface area contributed by atoms with Crippen LogP contribution in [-0.4, -0.2) is 62.5 Å². The number of amides is 1. The Morgan fingerprint density at radius 3 is 2.21 bits per heavy atom. The number of carbonyl (C=O) groups excluding carboxylic acids is 1. The fourth-order valence-electron chi connectivity index (χ4n) is 1.46. The van der Waals surface area contributed by atoms with Gasteiger partial charge in [-0.15, -0.1) is 0 Å². The van der Waals surface area contributed by atoms with Crippen molar-refractivity contribution in [2.75, 3.05) is 34.0 Å². The van der Waals surface area contributed by atoms with E-state index in [1.54, 1.807) is 6.92 Å². The van der Waals surface area contributed by atoms with Crippen LogP contribution in [-0.2, 0) is 14.3 Å². The maximum atomic E-state index is 12.8. The molecule has 0 aliphatic heterocycles. The van der Waals surface area contributed by atoms with Crippen molar-refractivity contribution in [1.29, 1.82) is 0 Å². The molecule has 2 N–H and O–H groups in total. The van der Waals surface area contributed by atoms with Crippen LogP contribution in [0.15, 0.2) is 0 Å². The van der Waals surface area contributed by atoms with Crippen molar-refractivity contribution in [1.82, 2.24) is 4.90 Å². The molecule has 0 aliphatic rings. The van der Waals surface area contributed by atoms with Gasteiger partial charge < -0.3 is 20.1 Å². The quantitative estimate of drug-likeness (QED) is 0.751. The highest BCUT2D eigenvalue weighted by atomic mass is 19.4. The predicted octanol–water partition coefficient (Wildman–Crippen LogP) is 0.776. The van der Waals surface area contributed by atoms with Gasteiger partial charge in [0, 0.05) is 20.8 Å². The van der Waals surface area contributed by atoms with Crippen molar-refractivity contribution in [3.05, 3.63) is 0 Å². The Morgan fingerprint density at radius 1 is 1.32 bits per heavy atom. The zero-order valence-corrected chi connectivity index (χ0v) is 11.6. The van der Waals surface area contributed by atoms with Gasteiger partial charge in [0.15, 0.2) is 5.54 Å². The summed E-state index contributed by atoms with van der Waals surface area (Å²) < 4.78 is 48.0. The molecule has 5 nitrogen and oxygen atoms in total. The molecule has 0 aromatic carbocycles. The van der Waals surface area contributed by atoms with Gasteiger partial charge in [-0.05, 0) is 13.8 Å². The third kappa shape index (κ3) is 4.63. The van der Waals surface area contributed by atoms with Crippen LogP contribution in [0.3, 0.4) is 0 Å². The number of rotatable bonds is 7. The summed E-state index contributed by atoms with van der Waals surface area (Å²) in [5.41, 5.74) is 2.22. The number of halogens is 3. The van der Waals surface area contributed by atoms with E-state index in [2.05, 4.69) is 0 Å². The van der Waals surface area contributed by atoms with E-state index < -0.39 is 23.7 Å². The fourth-order valence-corrected chi connectivity index (χ4v) is 1.46. The molecule has 2 atom stereocenters. The zero-order chi connectivity index (χ0) is 15.3. The van der Waals surface area contributed by atoms with Crippen molar-refractivity contribution in [2.24, 2.45) is 5.73 Å². The summed E-state index contributed by atoms with van der Waals surface area (Å²) in [5, 5.41) is 0. The summed E-state index contributed by atoms with van der Waals surface area (Å²) in [4.78, 5) is 13.0. The molecule has 0 aromatic heterocycles. The minimum Gasteiger partial charge on any atom is -0.383 e. The second-order valence-corrected chi connectivity index (χ2v) is 4.50. The van der Waals surface area contributed by atoms with Gasteiger partial charge in [0.25, 0.3) is 5.91 Å². The zero-order valence-electron chi connectivity index (χ0n) is 11.6. The molecule has 0 rings (SSSR count). The molecule has 0 bridgehead atoms. The lowest BCUT2D eigenvalue weighted by atomic mass is 10.0. The minimum atomic E-state index is -4.82. The van der Waals surface area contributed by atoms with Gasteiger partial charge in [0.2, 0.25) is 0 Å². The second kappa shape index (κ2) is 7.06. The minimum absolute atomic E-state index is 0.0166. The Hall–Kier alpha value is -0.860. The second-order valence-electron chi connectivity index (χ2n) is 4.50. The molecule has 1 amide bonds. The van der Waals surface area contributed by atoms with E-state index in [1.807, 2.05) is 0 Å². The summed E-state index contributed by atoms with van der Waals surface area (Å²) >= 11 is 0. The Bertz CT molecular complexity index is 295. The highest BCUT2D eigenvalue weighted by Gasteiger charge is 2.55. The third-order valence-electron chi connectivity index (χ3n) is 2.77. The standard InChI is InChI=1S/C11H21F3N2O3/c1-8(7-19-4)16(5-6-18-3)9(17)10(2,15)11(12,13)14/h8H,5-7,15H2,1-4H3. The first-order chi connectivity index (χ1) is 8.59. The largest absolute Gasteiger partial charge is 0.415 e. The first-order valence-electron chi connectivity index (χ1n) is 5.74. The smallest absolute Gasteiger partial charge is 0.383 e. The topological polar surface area (TPSA) is 64.8 Å². The van der Waals surface area contributed by atoms with E-state index in [-0.39, 0.29) is 19.8 Å². The first kappa shape index (κ1) is 18.1. The molecule has 2 unspecified atom stereocenters. The van der Waals surface area contributed by atoms with Crippen LogP contribution < -0.4 is 5.73 Å². The number of nitrogens with zero attached hydrogens (tertiary/aromatic N) is 1. The van der Waals surface area contributed by atoms with Crippen molar-refractivity contribution in [3.8, 4) is 0 Å². The predicted molar refractivity (Wildman–Crippen MR) is 63.6 cm³/mol. The van der Waals surface area contributed by atoms with Gasteiger partial charge in [0.1, 0.15) is 0 Å². The van der Waals surface area contributed by atoms with Crippen molar-refractivity contribution in [3.63, 3.8) is 0 Å². The molecule has 0 saturated heterocycles. The van der Waals surface area contributed by atoms with E-state index in [0.717, 1.165) is 4.90 Å². The van der Waals surface area contributed by atoms with Crippen molar-refractivity contribution in [2.45, 2.75) is 31.6 Å². The lowest BCUT2D eigenvalue weighted by Crippen LogP contribution is -2.64. The number of carbonyl (C=O) groups is 1. The SMILES string of the molecule is COCCN(C(=O)C(C)(N)C(F)(F)F)C(C)COC. The van der Waals surface area contributed by atoms with Gasteiger partial charge >= 0.3 is 6.18 Å². The van der Waals surface area contributed by atoms with Gasteiger partial charge in [-0.3, -0.25) is 4.79 Å². The molecule has 0 aromatic rings. The average Bonchev–Trinajstić information content (AvgIpc) is 2.28. The van der Waals surface area contributed by atoms with E-state index in [0.29, 0.717) is 6.92 Å². The lowest BCUT2D eigenvalue weighted by molar-refractivity contribution is -0.195. The van der Waals surface area contributed by atoms with Crippen LogP contribution in [0.25, 0.3) is 0 Å². The Balaban J connectivity index is 5.09. The van der Waals surface area contributed by atoms with Crippen molar-refractivity contribution < 1.29 is 27.4 Å². The van der Waals surface area contributed by atoms with E-state index in [4.69, 9.17) is 15.2 Å². The molecule has 0 spiro atoms. The summed E-state index contributed by atoms with van der Waals surface area (Å²) in [5.74, 6) is -1.19. The van der Waals surface area contributed by atoms with Gasteiger partial charge in [-0.1, -0.05) is 0 Å². The molecule has 0 saturated carbocycles. The van der Waals surface area contributed by atoms with Crippen LogP contribution >= 0.6 is 0 Å². The molecule has 8 heteroatoms. The van der Waals surface area contributed by atoms with Gasteiger partial charge in [-0.2, -0.15) is 13.2 Å². The van der Waals surface area contributed by atoms with E-state index >= 15 is 0 Å². The fraction of sp³-hybridized carbons (Fsp3) is 0.909. The third-order valence-corrected chi connectivity index (χ3v) is 2.77. The maximum absolute atomic E-state index is 12.8. The summed E-state index contributed by atoms with van der Waals surface area (Å²) in [6.07, 6.45) is -4.82. The normalized spacial score (nSPS) is 16.8.